The summed E-state index contributed by atoms with van der Waals surface area (Å²) in [6, 6.07) is 10.8. The lowest BCUT2D eigenvalue weighted by Crippen LogP contribution is -2.12. The lowest BCUT2D eigenvalue weighted by atomic mass is 10.2. The van der Waals surface area contributed by atoms with Crippen molar-refractivity contribution in [1.82, 2.24) is 4.98 Å². The lowest BCUT2D eigenvalue weighted by molar-refractivity contribution is 0.102. The molecule has 2 aromatic carbocycles. The Morgan fingerprint density at radius 2 is 2.18 bits per heavy atom. The average molecular weight is 398 g/mol. The number of nitrogens with zero attached hydrogens (tertiary/aromatic N) is 1. The van der Waals surface area contributed by atoms with Crippen molar-refractivity contribution in [3.8, 4) is 5.75 Å². The van der Waals surface area contributed by atoms with Gasteiger partial charge in [0.05, 0.1) is 22.4 Å². The van der Waals surface area contributed by atoms with E-state index in [0.29, 0.717) is 21.5 Å². The molecule has 7 heteroatoms. The molecule has 3 aromatic rings. The minimum atomic E-state index is -0.296. The minimum absolute atomic E-state index is 0.296. The van der Waals surface area contributed by atoms with Gasteiger partial charge in [0, 0.05) is 4.47 Å². The number of aromatic nitrogens is 1. The fourth-order valence-corrected chi connectivity index (χ4v) is 3.62. The van der Waals surface area contributed by atoms with E-state index in [4.69, 9.17) is 16.3 Å². The highest BCUT2D eigenvalue weighted by molar-refractivity contribution is 9.10. The molecule has 1 aromatic heterocycles. The molecule has 0 radical (unpaired) electrons. The van der Waals surface area contributed by atoms with Crippen LogP contribution in [0.15, 0.2) is 40.9 Å². The Bertz CT molecular complexity index is 866. The molecule has 0 atom stereocenters. The monoisotopic (exact) mass is 396 g/mol. The molecule has 4 nitrogen and oxygen atoms in total. The molecule has 0 fully saturated rings. The number of para-hydroxylation sites is 1. The van der Waals surface area contributed by atoms with Crippen LogP contribution in [0.2, 0.25) is 5.02 Å². The molecular formula is C15H10BrClN2O2S. The van der Waals surface area contributed by atoms with Crippen LogP contribution < -0.4 is 10.1 Å². The summed E-state index contributed by atoms with van der Waals surface area (Å²) in [5, 5.41) is 3.66. The molecule has 22 heavy (non-hydrogen) atoms. The summed E-state index contributed by atoms with van der Waals surface area (Å²) in [7, 11) is 1.59. The first-order valence-corrected chi connectivity index (χ1v) is 8.27. The maximum absolute atomic E-state index is 12.3. The molecule has 1 amide bonds. The van der Waals surface area contributed by atoms with Gasteiger partial charge in [-0.1, -0.05) is 44.9 Å². The van der Waals surface area contributed by atoms with Crippen LogP contribution in [0.25, 0.3) is 10.2 Å². The number of rotatable bonds is 3. The Balaban J connectivity index is 1.91. The van der Waals surface area contributed by atoms with E-state index < -0.39 is 0 Å². The summed E-state index contributed by atoms with van der Waals surface area (Å²) in [6.45, 7) is 0. The Hall–Kier alpha value is -1.63. The molecule has 1 N–H and O–H groups in total. The predicted molar refractivity (Wildman–Crippen MR) is 93.3 cm³/mol. The highest BCUT2D eigenvalue weighted by Crippen LogP contribution is 2.32. The normalized spacial score (nSPS) is 10.7. The number of anilines is 1. The van der Waals surface area contributed by atoms with Gasteiger partial charge in [-0.05, 0) is 30.3 Å². The van der Waals surface area contributed by atoms with Crippen molar-refractivity contribution in [3.05, 3.63) is 51.5 Å². The number of ether oxygens (including phenoxy) is 1. The predicted octanol–water partition coefficient (Wildman–Crippen LogP) is 4.97. The van der Waals surface area contributed by atoms with Gasteiger partial charge in [-0.25, -0.2) is 4.98 Å². The average Bonchev–Trinajstić information content (AvgIpc) is 2.89. The second kappa shape index (κ2) is 6.24. The van der Waals surface area contributed by atoms with Crippen LogP contribution in [0, 0.1) is 0 Å². The van der Waals surface area contributed by atoms with Gasteiger partial charge in [0.15, 0.2) is 5.13 Å². The van der Waals surface area contributed by atoms with Crippen LogP contribution in [0.4, 0.5) is 5.13 Å². The molecule has 0 unspecified atom stereocenters. The fraction of sp³-hybridized carbons (Fsp3) is 0.0667. The van der Waals surface area contributed by atoms with Gasteiger partial charge < -0.3 is 4.74 Å². The van der Waals surface area contributed by atoms with E-state index in [9.17, 15) is 4.79 Å². The Morgan fingerprint density at radius 1 is 1.36 bits per heavy atom. The van der Waals surface area contributed by atoms with Crippen molar-refractivity contribution in [2.45, 2.75) is 0 Å². The number of carbonyl (C=O) groups excluding carboxylic acids is 1. The number of methoxy groups -OCH3 is 1. The van der Waals surface area contributed by atoms with E-state index in [2.05, 4.69) is 26.2 Å². The van der Waals surface area contributed by atoms with Gasteiger partial charge in [-0.15, -0.1) is 0 Å². The smallest absolute Gasteiger partial charge is 0.258 e. The highest BCUT2D eigenvalue weighted by Gasteiger charge is 2.14. The highest BCUT2D eigenvalue weighted by atomic mass is 79.9. The Morgan fingerprint density at radius 3 is 2.91 bits per heavy atom. The SMILES string of the molecule is COc1cccc2sc(NC(=O)c3ccc(Br)cc3Cl)nc12. The number of benzene rings is 2. The molecule has 0 spiro atoms. The maximum Gasteiger partial charge on any atom is 0.258 e. The molecule has 0 aliphatic carbocycles. The molecular weight excluding hydrogens is 388 g/mol. The number of halogens is 2. The largest absolute Gasteiger partial charge is 0.494 e. The number of fused-ring (bicyclic) bond motifs is 1. The fourth-order valence-electron chi connectivity index (χ4n) is 1.98. The first-order chi connectivity index (χ1) is 10.6. The van der Waals surface area contributed by atoms with E-state index in [1.807, 2.05) is 18.2 Å². The lowest BCUT2D eigenvalue weighted by Gasteiger charge is -2.04. The summed E-state index contributed by atoms with van der Waals surface area (Å²) in [6.07, 6.45) is 0. The molecule has 0 saturated heterocycles. The van der Waals surface area contributed by atoms with Gasteiger partial charge in [0.2, 0.25) is 0 Å². The van der Waals surface area contributed by atoms with Crippen LogP contribution in [0.3, 0.4) is 0 Å². The Kier molecular flexibility index (Phi) is 4.33. The van der Waals surface area contributed by atoms with Crippen molar-refractivity contribution in [2.75, 3.05) is 12.4 Å². The zero-order chi connectivity index (χ0) is 15.7. The van der Waals surface area contributed by atoms with Crippen LogP contribution >= 0.6 is 38.9 Å². The summed E-state index contributed by atoms with van der Waals surface area (Å²) in [5.74, 6) is 0.381. The summed E-state index contributed by atoms with van der Waals surface area (Å²) >= 11 is 10.8. The standard InChI is InChI=1S/C15H10BrClN2O2S/c1-21-11-3-2-4-12-13(11)18-15(22-12)19-14(20)9-6-5-8(16)7-10(9)17/h2-7H,1H3,(H,18,19,20). The van der Waals surface area contributed by atoms with Crippen molar-refractivity contribution >= 4 is 60.1 Å². The van der Waals surface area contributed by atoms with Crippen molar-refractivity contribution in [2.24, 2.45) is 0 Å². The van der Waals surface area contributed by atoms with Gasteiger partial charge in [-0.2, -0.15) is 0 Å². The van der Waals surface area contributed by atoms with Gasteiger partial charge in [0.25, 0.3) is 5.91 Å². The summed E-state index contributed by atoms with van der Waals surface area (Å²) < 4.78 is 7.03. The van der Waals surface area contributed by atoms with E-state index in [1.165, 1.54) is 11.3 Å². The quantitative estimate of drug-likeness (QED) is 0.678. The number of amides is 1. The van der Waals surface area contributed by atoms with E-state index in [1.54, 1.807) is 25.3 Å². The molecule has 1 heterocycles. The minimum Gasteiger partial charge on any atom is -0.494 e. The second-order valence-corrected chi connectivity index (χ2v) is 6.76. The van der Waals surface area contributed by atoms with Crippen LogP contribution in [0.5, 0.6) is 5.75 Å². The van der Waals surface area contributed by atoms with Crippen molar-refractivity contribution in [3.63, 3.8) is 0 Å². The zero-order valence-corrected chi connectivity index (χ0v) is 14.6. The van der Waals surface area contributed by atoms with Crippen LogP contribution in [-0.4, -0.2) is 18.0 Å². The first-order valence-electron chi connectivity index (χ1n) is 6.28. The van der Waals surface area contributed by atoms with Crippen molar-refractivity contribution in [1.29, 1.82) is 0 Å². The molecule has 0 aliphatic rings. The van der Waals surface area contributed by atoms with Gasteiger partial charge in [0.1, 0.15) is 11.3 Å². The first kappa shape index (κ1) is 15.3. The van der Waals surface area contributed by atoms with E-state index >= 15 is 0 Å². The second-order valence-electron chi connectivity index (χ2n) is 4.40. The number of nitrogens with one attached hydrogen (secondary N) is 1. The van der Waals surface area contributed by atoms with Crippen LogP contribution in [0.1, 0.15) is 10.4 Å². The molecule has 3 rings (SSSR count). The Labute approximate surface area is 144 Å². The number of thiazole rings is 1. The molecule has 112 valence electrons. The van der Waals surface area contributed by atoms with Gasteiger partial charge >= 0.3 is 0 Å². The number of hydrogen-bond acceptors (Lipinski definition) is 4. The van der Waals surface area contributed by atoms with Gasteiger partial charge in [-0.3, -0.25) is 10.1 Å². The zero-order valence-electron chi connectivity index (χ0n) is 11.4. The third-order valence-electron chi connectivity index (χ3n) is 3.00. The maximum atomic E-state index is 12.3. The van der Waals surface area contributed by atoms with Crippen LogP contribution in [-0.2, 0) is 0 Å². The molecule has 0 aliphatic heterocycles. The summed E-state index contributed by atoms with van der Waals surface area (Å²) in [4.78, 5) is 16.7. The summed E-state index contributed by atoms with van der Waals surface area (Å²) in [5.41, 5.74) is 1.13. The molecule has 0 bridgehead atoms. The molecule has 0 saturated carbocycles. The van der Waals surface area contributed by atoms with E-state index in [-0.39, 0.29) is 5.91 Å². The van der Waals surface area contributed by atoms with Crippen molar-refractivity contribution < 1.29 is 9.53 Å². The third-order valence-corrected chi connectivity index (χ3v) is 4.74. The topological polar surface area (TPSA) is 51.2 Å². The third kappa shape index (κ3) is 2.95. The van der Waals surface area contributed by atoms with E-state index in [0.717, 1.165) is 14.7 Å². The number of hydrogen-bond donors (Lipinski definition) is 1. The number of carbonyl (C=O) groups is 1.